The Labute approximate surface area is 200 Å². The Kier molecular flexibility index (Phi) is 7.43. The first-order chi connectivity index (χ1) is 12.6. The summed E-state index contributed by atoms with van der Waals surface area (Å²) in [5, 5.41) is 1.67. The summed E-state index contributed by atoms with van der Waals surface area (Å²) in [6.07, 6.45) is 7.92. The van der Waals surface area contributed by atoms with E-state index in [4.69, 9.17) is 0 Å². The van der Waals surface area contributed by atoms with Crippen molar-refractivity contribution in [3.63, 3.8) is 0 Å². The summed E-state index contributed by atoms with van der Waals surface area (Å²) < 4.78 is 1.00. The number of halogens is 2. The predicted molar refractivity (Wildman–Crippen MR) is 120 cm³/mol. The molecular weight excluding hydrogens is 463 g/mol. The van der Waals surface area contributed by atoms with Gasteiger partial charge in [-0.1, -0.05) is 0 Å². The van der Waals surface area contributed by atoms with Gasteiger partial charge in [-0.25, -0.2) is 0 Å². The first-order valence-corrected chi connectivity index (χ1v) is 18.7. The molecule has 0 fully saturated rings. The fraction of sp³-hybridized carbons (Fsp3) is 0.333. The van der Waals surface area contributed by atoms with Crippen LogP contribution in [0.15, 0.2) is 72.0 Å². The second-order valence-electron chi connectivity index (χ2n) is 10.1. The molecule has 2 aliphatic carbocycles. The second kappa shape index (κ2) is 8.65. The van der Waals surface area contributed by atoms with Crippen molar-refractivity contribution in [1.82, 2.24) is 0 Å². The molecule has 0 N–H and O–H groups in total. The maximum atomic E-state index is 2.76. The van der Waals surface area contributed by atoms with Gasteiger partial charge in [0, 0.05) is 0 Å². The van der Waals surface area contributed by atoms with Gasteiger partial charge in [-0.05, 0) is 0 Å². The Bertz CT molecular complexity index is 908. The maximum absolute atomic E-state index is 2.76. The minimum atomic E-state index is -1.39. The number of rotatable bonds is 4. The maximum Gasteiger partial charge on any atom is -1.00 e. The summed E-state index contributed by atoms with van der Waals surface area (Å²) in [4.78, 5) is 0. The third-order valence-corrected chi connectivity index (χ3v) is 17.8. The third kappa shape index (κ3) is 4.35. The standard InChI is InChI=1S/C13H9.C11H21Si2.2ClH.Ti/c1-3-7-12-10(5-1)9-11-6-2-4-8-13(11)12;1-12(2,3)10-7-8-11(9-10)13(4,5)6;;;/h1-9H;7-9H,1-6H3;2*1H;/q;;;;+2/p-2. The Hall–Kier alpha value is -0.352. The molecule has 5 heteroatoms. The van der Waals surface area contributed by atoms with E-state index in [0.29, 0.717) is 7.57 Å². The van der Waals surface area contributed by atoms with E-state index < -0.39 is 16.1 Å². The van der Waals surface area contributed by atoms with Crippen LogP contribution in [-0.2, 0) is 19.2 Å². The average molecular weight is 493 g/mol. The van der Waals surface area contributed by atoms with Crippen LogP contribution < -0.4 is 24.8 Å². The number of benzene rings is 2. The van der Waals surface area contributed by atoms with Crippen molar-refractivity contribution in [2.75, 3.05) is 0 Å². The van der Waals surface area contributed by atoms with Crippen LogP contribution in [0.2, 0.25) is 42.6 Å². The van der Waals surface area contributed by atoms with E-state index in [-0.39, 0.29) is 44.0 Å². The molecule has 2 aliphatic rings. The first kappa shape index (κ1) is 24.9. The molecule has 0 aliphatic heterocycles. The molecule has 29 heavy (non-hydrogen) atoms. The Balaban J connectivity index is 0.00000150. The molecule has 0 heterocycles. The van der Waals surface area contributed by atoms with Crippen molar-refractivity contribution < 1.29 is 44.0 Å². The number of hydrogen-bond donors (Lipinski definition) is 0. The Morgan fingerprint density at radius 2 is 1.24 bits per heavy atom. The zero-order valence-corrected chi connectivity index (χ0v) is 23.3. The summed E-state index contributed by atoms with van der Waals surface area (Å²) >= 11 is -0.269. The fourth-order valence-electron chi connectivity index (χ4n) is 4.35. The molecule has 0 bridgehead atoms. The van der Waals surface area contributed by atoms with Gasteiger partial charge in [0.05, 0.1) is 0 Å². The summed E-state index contributed by atoms with van der Waals surface area (Å²) in [6, 6.07) is 18.3. The van der Waals surface area contributed by atoms with Crippen LogP contribution in [-0.4, -0.2) is 16.1 Å². The molecule has 0 saturated heterocycles. The monoisotopic (exact) mass is 492 g/mol. The smallest absolute Gasteiger partial charge is 1.00 e. The number of allylic oxidation sites excluding steroid dienone is 4. The largest absolute Gasteiger partial charge is 1.00 e. The van der Waals surface area contributed by atoms with Crippen molar-refractivity contribution in [3.05, 3.63) is 83.1 Å². The van der Waals surface area contributed by atoms with Gasteiger partial charge in [-0.15, -0.1) is 0 Å². The van der Waals surface area contributed by atoms with Crippen LogP contribution in [0.1, 0.15) is 15.3 Å². The van der Waals surface area contributed by atoms with Gasteiger partial charge in [0.15, 0.2) is 0 Å². The molecule has 0 radical (unpaired) electrons. The van der Waals surface area contributed by atoms with Gasteiger partial charge in [0.2, 0.25) is 0 Å². The molecule has 4 rings (SSSR count). The van der Waals surface area contributed by atoms with Gasteiger partial charge >= 0.3 is 176 Å². The number of fused-ring (bicyclic) bond motifs is 3. The zero-order valence-electron chi connectivity index (χ0n) is 18.2. The van der Waals surface area contributed by atoms with Crippen molar-refractivity contribution >= 4 is 16.1 Å². The third-order valence-electron chi connectivity index (χ3n) is 6.23. The van der Waals surface area contributed by atoms with Crippen molar-refractivity contribution in [2.45, 2.75) is 46.8 Å². The summed E-state index contributed by atoms with van der Waals surface area (Å²) in [7, 11) is -2.66. The van der Waals surface area contributed by atoms with E-state index in [2.05, 4.69) is 106 Å². The molecule has 2 aromatic carbocycles. The minimum absolute atomic E-state index is 0. The molecule has 0 spiro atoms. The SMILES string of the molecule is C[Si](C)(C)C1=C[C]([Ti+2][CH]2c3ccccc3-c3ccccc32)([Si](C)(C)C)C=C1.[Cl-].[Cl-]. The molecule has 0 amide bonds. The van der Waals surface area contributed by atoms with Crippen LogP contribution in [0.4, 0.5) is 0 Å². The normalized spacial score (nSPS) is 20.1. The molecular formula is C24H30Cl2Si2Ti. The summed E-state index contributed by atoms with van der Waals surface area (Å²) in [5.41, 5.74) is 6.12. The van der Waals surface area contributed by atoms with Crippen LogP contribution >= 0.6 is 0 Å². The minimum Gasteiger partial charge on any atom is -1.00 e. The van der Waals surface area contributed by atoms with Crippen LogP contribution in [0.5, 0.6) is 0 Å². The fourth-order valence-corrected chi connectivity index (χ4v) is 12.9. The molecule has 0 saturated carbocycles. The first-order valence-electron chi connectivity index (χ1n) is 10.0. The molecule has 1 unspecified atom stereocenters. The quantitative estimate of drug-likeness (QED) is 0.563. The Morgan fingerprint density at radius 3 is 1.66 bits per heavy atom. The number of hydrogen-bond acceptors (Lipinski definition) is 0. The van der Waals surface area contributed by atoms with Crippen molar-refractivity contribution in [1.29, 1.82) is 0 Å². The van der Waals surface area contributed by atoms with Crippen molar-refractivity contribution in [2.24, 2.45) is 0 Å². The van der Waals surface area contributed by atoms with E-state index in [9.17, 15) is 0 Å². The molecule has 0 nitrogen and oxygen atoms in total. The second-order valence-corrected chi connectivity index (χ2v) is 23.9. The molecule has 0 aromatic heterocycles. The van der Waals surface area contributed by atoms with Crippen LogP contribution in [0.3, 0.4) is 0 Å². The van der Waals surface area contributed by atoms with E-state index in [1.165, 1.54) is 11.1 Å². The molecule has 152 valence electrons. The van der Waals surface area contributed by atoms with Gasteiger partial charge < -0.3 is 24.8 Å². The zero-order chi connectivity index (χ0) is 19.4. The molecule has 1 atom stereocenters. The van der Waals surface area contributed by atoms with Crippen molar-refractivity contribution in [3.8, 4) is 11.1 Å². The Morgan fingerprint density at radius 1 is 0.759 bits per heavy atom. The van der Waals surface area contributed by atoms with Crippen LogP contribution in [0, 0.1) is 0 Å². The van der Waals surface area contributed by atoms with Gasteiger partial charge in [-0.3, -0.25) is 0 Å². The van der Waals surface area contributed by atoms with E-state index in [1.807, 2.05) is 0 Å². The summed E-state index contributed by atoms with van der Waals surface area (Å²) in [5.74, 6) is 0. The predicted octanol–water partition coefficient (Wildman–Crippen LogP) is 1.26. The summed E-state index contributed by atoms with van der Waals surface area (Å²) in [6.45, 7) is 15.2. The average Bonchev–Trinajstić information content (AvgIpc) is 3.17. The van der Waals surface area contributed by atoms with E-state index >= 15 is 0 Å². The van der Waals surface area contributed by atoms with Gasteiger partial charge in [-0.2, -0.15) is 0 Å². The van der Waals surface area contributed by atoms with Crippen LogP contribution in [0.25, 0.3) is 11.1 Å². The van der Waals surface area contributed by atoms with E-state index in [0.717, 1.165) is 0 Å². The van der Waals surface area contributed by atoms with E-state index in [1.54, 1.807) is 16.3 Å². The van der Waals surface area contributed by atoms with Gasteiger partial charge in [0.25, 0.3) is 0 Å². The topological polar surface area (TPSA) is 0 Å². The molecule has 2 aromatic rings. The van der Waals surface area contributed by atoms with Gasteiger partial charge in [0.1, 0.15) is 0 Å².